The van der Waals surface area contributed by atoms with Crippen molar-refractivity contribution in [2.45, 2.75) is 26.3 Å². The highest BCUT2D eigenvalue weighted by Crippen LogP contribution is 2.14. The fourth-order valence-electron chi connectivity index (χ4n) is 1.28. The molecule has 0 fully saturated rings. The standard InChI is InChI=1S/C10H16N2/c1-4-9-6-5-7-12-10(9)8(2)11-3/h5-8,11H,4H2,1-3H3. The Kier molecular flexibility index (Phi) is 3.23. The van der Waals surface area contributed by atoms with E-state index in [1.807, 2.05) is 19.3 Å². The van der Waals surface area contributed by atoms with E-state index < -0.39 is 0 Å². The summed E-state index contributed by atoms with van der Waals surface area (Å²) >= 11 is 0. The van der Waals surface area contributed by atoms with Gasteiger partial charge in [-0.15, -0.1) is 0 Å². The van der Waals surface area contributed by atoms with E-state index in [-0.39, 0.29) is 0 Å². The van der Waals surface area contributed by atoms with Crippen molar-refractivity contribution in [1.29, 1.82) is 0 Å². The van der Waals surface area contributed by atoms with Crippen molar-refractivity contribution in [3.8, 4) is 0 Å². The summed E-state index contributed by atoms with van der Waals surface area (Å²) in [6, 6.07) is 4.47. The van der Waals surface area contributed by atoms with Gasteiger partial charge in [-0.25, -0.2) is 0 Å². The van der Waals surface area contributed by atoms with Crippen molar-refractivity contribution in [1.82, 2.24) is 10.3 Å². The second-order valence-corrected chi connectivity index (χ2v) is 2.91. The molecule has 1 rings (SSSR count). The average Bonchev–Trinajstić information content (AvgIpc) is 2.16. The first-order valence-electron chi connectivity index (χ1n) is 4.40. The van der Waals surface area contributed by atoms with Gasteiger partial charge in [-0.2, -0.15) is 0 Å². The van der Waals surface area contributed by atoms with Gasteiger partial charge in [0, 0.05) is 12.2 Å². The third kappa shape index (κ3) is 1.83. The Balaban J connectivity index is 2.96. The molecule has 1 N–H and O–H groups in total. The van der Waals surface area contributed by atoms with Crippen LogP contribution in [0.3, 0.4) is 0 Å². The van der Waals surface area contributed by atoms with Crippen LogP contribution in [0.4, 0.5) is 0 Å². The fraction of sp³-hybridized carbons (Fsp3) is 0.500. The molecule has 12 heavy (non-hydrogen) atoms. The molecule has 1 unspecified atom stereocenters. The summed E-state index contributed by atoms with van der Waals surface area (Å²) in [5.74, 6) is 0. The van der Waals surface area contributed by atoms with Crippen LogP contribution in [0, 0.1) is 0 Å². The van der Waals surface area contributed by atoms with Gasteiger partial charge in [-0.05, 0) is 32.0 Å². The summed E-state index contributed by atoms with van der Waals surface area (Å²) in [4.78, 5) is 4.36. The molecule has 1 aromatic rings. The quantitative estimate of drug-likeness (QED) is 0.738. The summed E-state index contributed by atoms with van der Waals surface area (Å²) in [5.41, 5.74) is 2.50. The molecule has 0 saturated carbocycles. The van der Waals surface area contributed by atoms with Crippen LogP contribution in [0.2, 0.25) is 0 Å². The maximum Gasteiger partial charge on any atom is 0.0602 e. The lowest BCUT2D eigenvalue weighted by atomic mass is 10.1. The van der Waals surface area contributed by atoms with E-state index in [4.69, 9.17) is 0 Å². The van der Waals surface area contributed by atoms with Crippen molar-refractivity contribution in [2.75, 3.05) is 7.05 Å². The van der Waals surface area contributed by atoms with E-state index >= 15 is 0 Å². The number of aryl methyl sites for hydroxylation is 1. The maximum absolute atomic E-state index is 4.36. The van der Waals surface area contributed by atoms with E-state index in [0.717, 1.165) is 6.42 Å². The molecule has 1 heterocycles. The van der Waals surface area contributed by atoms with Crippen molar-refractivity contribution in [3.05, 3.63) is 29.6 Å². The minimum absolute atomic E-state index is 0.348. The molecule has 0 bridgehead atoms. The number of nitrogens with one attached hydrogen (secondary N) is 1. The minimum atomic E-state index is 0.348. The molecule has 0 aliphatic heterocycles. The zero-order valence-corrected chi connectivity index (χ0v) is 7.96. The molecule has 0 saturated heterocycles. The molecule has 0 amide bonds. The van der Waals surface area contributed by atoms with E-state index in [0.29, 0.717) is 6.04 Å². The predicted molar refractivity (Wildman–Crippen MR) is 51.1 cm³/mol. The first-order valence-corrected chi connectivity index (χ1v) is 4.40. The SMILES string of the molecule is CCc1cccnc1C(C)NC. The van der Waals surface area contributed by atoms with Crippen molar-refractivity contribution in [2.24, 2.45) is 0 Å². The minimum Gasteiger partial charge on any atom is -0.312 e. The molecule has 66 valence electrons. The van der Waals surface area contributed by atoms with E-state index in [9.17, 15) is 0 Å². The molecule has 0 aromatic carbocycles. The molecule has 2 heteroatoms. The maximum atomic E-state index is 4.36. The lowest BCUT2D eigenvalue weighted by molar-refractivity contribution is 0.625. The molecule has 0 aliphatic rings. The highest BCUT2D eigenvalue weighted by molar-refractivity contribution is 5.22. The van der Waals surface area contributed by atoms with Crippen LogP contribution in [0.15, 0.2) is 18.3 Å². The highest BCUT2D eigenvalue weighted by Gasteiger charge is 2.07. The average molecular weight is 164 g/mol. The van der Waals surface area contributed by atoms with Gasteiger partial charge in [-0.1, -0.05) is 13.0 Å². The number of nitrogens with zero attached hydrogens (tertiary/aromatic N) is 1. The molecule has 2 nitrogen and oxygen atoms in total. The molecular weight excluding hydrogens is 148 g/mol. The van der Waals surface area contributed by atoms with Gasteiger partial charge in [0.2, 0.25) is 0 Å². The summed E-state index contributed by atoms with van der Waals surface area (Å²) < 4.78 is 0. The normalized spacial score (nSPS) is 12.9. The first-order chi connectivity index (χ1) is 5.79. The van der Waals surface area contributed by atoms with E-state index in [1.54, 1.807) is 0 Å². The van der Waals surface area contributed by atoms with Crippen LogP contribution in [0.5, 0.6) is 0 Å². The van der Waals surface area contributed by atoms with Gasteiger partial charge in [0.1, 0.15) is 0 Å². The lowest BCUT2D eigenvalue weighted by Gasteiger charge is -2.12. The summed E-state index contributed by atoms with van der Waals surface area (Å²) in [6.45, 7) is 4.28. The third-order valence-corrected chi connectivity index (χ3v) is 2.15. The van der Waals surface area contributed by atoms with Crippen LogP contribution in [0.1, 0.15) is 31.1 Å². The first kappa shape index (κ1) is 9.20. The number of hydrogen-bond donors (Lipinski definition) is 1. The zero-order chi connectivity index (χ0) is 8.97. The molecule has 0 radical (unpaired) electrons. The van der Waals surface area contributed by atoms with Crippen LogP contribution in [-0.2, 0) is 6.42 Å². The Hall–Kier alpha value is -0.890. The van der Waals surface area contributed by atoms with Crippen molar-refractivity contribution < 1.29 is 0 Å². The van der Waals surface area contributed by atoms with Gasteiger partial charge < -0.3 is 5.32 Å². The van der Waals surface area contributed by atoms with Crippen molar-refractivity contribution >= 4 is 0 Å². The van der Waals surface area contributed by atoms with Gasteiger partial charge in [0.25, 0.3) is 0 Å². The number of rotatable bonds is 3. The summed E-state index contributed by atoms with van der Waals surface area (Å²) in [5, 5.41) is 3.19. The Bertz CT molecular complexity index is 245. The van der Waals surface area contributed by atoms with Gasteiger partial charge in [0.05, 0.1) is 5.69 Å². The van der Waals surface area contributed by atoms with Crippen LogP contribution < -0.4 is 5.32 Å². The Labute approximate surface area is 74.0 Å². The number of aromatic nitrogens is 1. The van der Waals surface area contributed by atoms with Crippen molar-refractivity contribution in [3.63, 3.8) is 0 Å². The highest BCUT2D eigenvalue weighted by atomic mass is 14.9. The van der Waals surface area contributed by atoms with Crippen LogP contribution in [-0.4, -0.2) is 12.0 Å². The van der Waals surface area contributed by atoms with E-state index in [2.05, 4.69) is 30.2 Å². The van der Waals surface area contributed by atoms with Gasteiger partial charge in [0.15, 0.2) is 0 Å². The summed E-state index contributed by atoms with van der Waals surface area (Å²) in [7, 11) is 1.96. The predicted octanol–water partition coefficient (Wildman–Crippen LogP) is 1.92. The lowest BCUT2D eigenvalue weighted by Crippen LogP contribution is -2.15. The van der Waals surface area contributed by atoms with E-state index in [1.165, 1.54) is 11.3 Å². The topological polar surface area (TPSA) is 24.9 Å². The molecular formula is C10H16N2. The second kappa shape index (κ2) is 4.21. The zero-order valence-electron chi connectivity index (χ0n) is 7.96. The number of hydrogen-bond acceptors (Lipinski definition) is 2. The largest absolute Gasteiger partial charge is 0.312 e. The monoisotopic (exact) mass is 164 g/mol. The third-order valence-electron chi connectivity index (χ3n) is 2.15. The van der Waals surface area contributed by atoms with Gasteiger partial charge >= 0.3 is 0 Å². The van der Waals surface area contributed by atoms with Crippen LogP contribution in [0.25, 0.3) is 0 Å². The summed E-state index contributed by atoms with van der Waals surface area (Å²) in [6.07, 6.45) is 2.90. The Morgan fingerprint density at radius 2 is 2.33 bits per heavy atom. The fourth-order valence-corrected chi connectivity index (χ4v) is 1.28. The van der Waals surface area contributed by atoms with Crippen LogP contribution >= 0.6 is 0 Å². The molecule has 1 aromatic heterocycles. The molecule has 1 atom stereocenters. The second-order valence-electron chi connectivity index (χ2n) is 2.91. The Morgan fingerprint density at radius 3 is 2.92 bits per heavy atom. The Morgan fingerprint density at radius 1 is 1.58 bits per heavy atom. The molecule has 0 spiro atoms. The van der Waals surface area contributed by atoms with Gasteiger partial charge in [-0.3, -0.25) is 4.98 Å². The number of pyridine rings is 1. The smallest absolute Gasteiger partial charge is 0.0602 e. The molecule has 0 aliphatic carbocycles.